The number of aliphatic carboxylic acids is 2. The van der Waals surface area contributed by atoms with Gasteiger partial charge in [0.2, 0.25) is 29.5 Å². The normalized spacial score (nSPS) is 15.0. The fourth-order valence-corrected chi connectivity index (χ4v) is 7.98. The second-order valence-corrected chi connectivity index (χ2v) is 17.6. The molecule has 9 N–H and O–H groups in total. The molecule has 0 aliphatic rings. The summed E-state index contributed by atoms with van der Waals surface area (Å²) in [6, 6.07) is 19.1. The van der Waals surface area contributed by atoms with Gasteiger partial charge in [0.05, 0.1) is 6.42 Å². The van der Waals surface area contributed by atoms with E-state index in [1.165, 1.54) is 6.92 Å². The van der Waals surface area contributed by atoms with Crippen LogP contribution in [0.1, 0.15) is 96.8 Å². The third-order valence-corrected chi connectivity index (χ3v) is 12.1. The molecule has 5 amide bonds. The summed E-state index contributed by atoms with van der Waals surface area (Å²) in [7, 11) is 0. The number of H-pyrrole nitrogens is 1. The van der Waals surface area contributed by atoms with Crippen molar-refractivity contribution in [2.45, 2.75) is 123 Å². The zero-order valence-electron chi connectivity index (χ0n) is 38.9. The molecule has 66 heavy (non-hydrogen) atoms. The highest BCUT2D eigenvalue weighted by Crippen LogP contribution is 2.29. The highest BCUT2D eigenvalue weighted by molar-refractivity contribution is 5.97. The van der Waals surface area contributed by atoms with Gasteiger partial charge in [0, 0.05) is 48.9 Å². The number of nitrogens with one attached hydrogen (secondary N) is 7. The van der Waals surface area contributed by atoms with E-state index in [1.807, 2.05) is 120 Å². The van der Waals surface area contributed by atoms with E-state index in [4.69, 9.17) is 0 Å². The van der Waals surface area contributed by atoms with Gasteiger partial charge in [-0.05, 0) is 46.9 Å². The molecule has 0 fully saturated rings. The van der Waals surface area contributed by atoms with Gasteiger partial charge in [-0.15, -0.1) is 0 Å². The first-order chi connectivity index (χ1) is 31.4. The number of hydrogen-bond acceptors (Lipinski definition) is 8. The predicted octanol–water partition coefficient (Wildman–Crippen LogP) is 4.64. The lowest BCUT2D eigenvalue weighted by Crippen LogP contribution is -2.61. The van der Waals surface area contributed by atoms with E-state index in [2.05, 4.69) is 36.9 Å². The summed E-state index contributed by atoms with van der Waals surface area (Å²) in [4.78, 5) is 97.1. The fraction of sp³-hybridized carbons (Fsp3) is 0.460. The molecule has 0 spiro atoms. The van der Waals surface area contributed by atoms with Crippen LogP contribution in [0, 0.1) is 17.8 Å². The summed E-state index contributed by atoms with van der Waals surface area (Å²) in [6.07, 6.45) is 2.31. The molecule has 1 aromatic heterocycles. The van der Waals surface area contributed by atoms with E-state index in [0.29, 0.717) is 12.8 Å². The molecule has 0 bridgehead atoms. The van der Waals surface area contributed by atoms with E-state index in [9.17, 15) is 43.8 Å². The van der Waals surface area contributed by atoms with Crippen LogP contribution in [0.2, 0.25) is 0 Å². The molecule has 4 aromatic rings. The number of aromatic amines is 1. The maximum absolute atomic E-state index is 14.3. The summed E-state index contributed by atoms with van der Waals surface area (Å²) in [6.45, 7) is 12.5. The standard InChI is InChI=1S/C50H67N7O9/c1-8-30(5)41(28-52-40(50(65)66)25-35-27-51-37-23-17-16-22-36(35)37)56-48(63)44(31(6)9-2)57-47(62)39(26-42(59)60)54-46(61)38(24-29(3)4)55-49(64)45(53-32(7)58)43(33-18-12-10-13-19-33)34-20-14-11-15-21-34/h10-23,27,29-31,38-41,43-45,51-52H,8-9,24-26,28H2,1-7H3,(H,53,58)(H,54,61)(H,55,64)(H,56,63)(H,57,62)(H,59,60)(H,65,66)/t30-,31-,38-,39-,40-,41+,44-,45+/m0/s1. The number of carbonyl (C=O) groups is 7. The van der Waals surface area contributed by atoms with Gasteiger partial charge in [0.15, 0.2) is 0 Å². The third kappa shape index (κ3) is 15.0. The van der Waals surface area contributed by atoms with Crippen molar-refractivity contribution in [2.24, 2.45) is 17.8 Å². The van der Waals surface area contributed by atoms with Crippen LogP contribution in [0.25, 0.3) is 10.9 Å². The Morgan fingerprint density at radius 2 is 1.15 bits per heavy atom. The molecule has 0 unspecified atom stereocenters. The molecule has 1 heterocycles. The zero-order chi connectivity index (χ0) is 48.5. The molecule has 0 saturated heterocycles. The van der Waals surface area contributed by atoms with Gasteiger partial charge in [-0.3, -0.25) is 33.6 Å². The first-order valence-electron chi connectivity index (χ1n) is 22.7. The van der Waals surface area contributed by atoms with E-state index >= 15 is 0 Å². The third-order valence-electron chi connectivity index (χ3n) is 12.1. The van der Waals surface area contributed by atoms with Gasteiger partial charge in [-0.25, -0.2) is 0 Å². The smallest absolute Gasteiger partial charge is 0.321 e. The van der Waals surface area contributed by atoms with Crippen LogP contribution in [-0.2, 0) is 40.0 Å². The molecule has 0 aliphatic heterocycles. The second-order valence-electron chi connectivity index (χ2n) is 17.6. The van der Waals surface area contributed by atoms with Crippen molar-refractivity contribution in [1.82, 2.24) is 36.9 Å². The number of fused-ring (bicyclic) bond motifs is 1. The SMILES string of the molecule is CC[C@H](C)[C@H](NC(=O)[C@H](CC(=O)O)NC(=O)[C@H](CC(C)C)NC(=O)[C@H](NC(C)=O)C(c1ccccc1)c1ccccc1)C(=O)N[C@H](CN[C@@H](Cc1c[nH]c2ccccc12)C(=O)O)[C@@H](C)CC. The van der Waals surface area contributed by atoms with Crippen LogP contribution in [0.4, 0.5) is 0 Å². The summed E-state index contributed by atoms with van der Waals surface area (Å²) < 4.78 is 0. The highest BCUT2D eigenvalue weighted by atomic mass is 16.4. The Balaban J connectivity index is 1.54. The Morgan fingerprint density at radius 1 is 0.606 bits per heavy atom. The van der Waals surface area contributed by atoms with Crippen LogP contribution < -0.4 is 31.9 Å². The Morgan fingerprint density at radius 3 is 1.70 bits per heavy atom. The average molecular weight is 910 g/mol. The molecule has 0 aliphatic carbocycles. The molecule has 0 radical (unpaired) electrons. The first-order valence-corrected chi connectivity index (χ1v) is 22.7. The highest BCUT2D eigenvalue weighted by Gasteiger charge is 2.37. The number of benzene rings is 3. The minimum absolute atomic E-state index is 0.0978. The van der Waals surface area contributed by atoms with Crippen LogP contribution in [0.3, 0.4) is 0 Å². The maximum Gasteiger partial charge on any atom is 0.321 e. The van der Waals surface area contributed by atoms with Crippen molar-refractivity contribution in [3.63, 3.8) is 0 Å². The van der Waals surface area contributed by atoms with E-state index in [0.717, 1.165) is 27.6 Å². The molecule has 0 saturated carbocycles. The van der Waals surface area contributed by atoms with Crippen molar-refractivity contribution in [3.05, 3.63) is 108 Å². The minimum Gasteiger partial charge on any atom is -0.481 e. The Kier molecular flexibility index (Phi) is 19.9. The minimum atomic E-state index is -1.65. The summed E-state index contributed by atoms with van der Waals surface area (Å²) >= 11 is 0. The topological polar surface area (TPSA) is 248 Å². The zero-order valence-corrected chi connectivity index (χ0v) is 38.9. The number of carboxylic acid groups (broad SMARTS) is 2. The Bertz CT molecular complexity index is 2210. The predicted molar refractivity (Wildman–Crippen MR) is 252 cm³/mol. The number of carbonyl (C=O) groups excluding carboxylic acids is 5. The van der Waals surface area contributed by atoms with Gasteiger partial charge in [-0.2, -0.15) is 0 Å². The number of hydrogen-bond donors (Lipinski definition) is 9. The molecule has 16 heteroatoms. The van der Waals surface area contributed by atoms with Crippen molar-refractivity contribution in [3.8, 4) is 0 Å². The largest absolute Gasteiger partial charge is 0.481 e. The summed E-state index contributed by atoms with van der Waals surface area (Å²) in [5.74, 6) is -7.30. The van der Waals surface area contributed by atoms with Gasteiger partial charge in [-0.1, -0.05) is 133 Å². The van der Waals surface area contributed by atoms with Crippen LogP contribution in [-0.4, -0.2) is 99.5 Å². The molecule has 8 atom stereocenters. The first kappa shape index (κ1) is 52.1. The molecular formula is C50H67N7O9. The van der Waals surface area contributed by atoms with Crippen LogP contribution >= 0.6 is 0 Å². The van der Waals surface area contributed by atoms with E-state index in [1.54, 1.807) is 13.1 Å². The number of para-hydroxylation sites is 1. The van der Waals surface area contributed by atoms with Crippen molar-refractivity contribution < 1.29 is 43.8 Å². The van der Waals surface area contributed by atoms with Gasteiger partial charge < -0.3 is 47.1 Å². The molecular weight excluding hydrogens is 843 g/mol. The van der Waals surface area contributed by atoms with Gasteiger partial charge in [0.1, 0.15) is 30.2 Å². The molecule has 3 aromatic carbocycles. The van der Waals surface area contributed by atoms with Gasteiger partial charge >= 0.3 is 11.9 Å². The van der Waals surface area contributed by atoms with Crippen LogP contribution in [0.15, 0.2) is 91.1 Å². The number of carboxylic acids is 2. The number of aromatic nitrogens is 1. The monoisotopic (exact) mass is 910 g/mol. The molecule has 356 valence electrons. The second kappa shape index (κ2) is 25.2. The molecule has 16 nitrogen and oxygen atoms in total. The quantitative estimate of drug-likeness (QED) is 0.0422. The lowest BCUT2D eigenvalue weighted by molar-refractivity contribution is -0.141. The summed E-state index contributed by atoms with van der Waals surface area (Å²) in [5, 5.41) is 37.9. The Labute approximate surface area is 386 Å². The van der Waals surface area contributed by atoms with E-state index < -0.39 is 96.0 Å². The lowest BCUT2D eigenvalue weighted by atomic mass is 9.84. The lowest BCUT2D eigenvalue weighted by Gasteiger charge is -2.32. The van der Waals surface area contributed by atoms with Crippen molar-refractivity contribution in [2.75, 3.05) is 6.54 Å². The average Bonchev–Trinajstić information content (AvgIpc) is 3.70. The van der Waals surface area contributed by atoms with Gasteiger partial charge in [0.25, 0.3) is 0 Å². The van der Waals surface area contributed by atoms with Crippen LogP contribution in [0.5, 0.6) is 0 Å². The number of rotatable bonds is 26. The van der Waals surface area contributed by atoms with Crippen molar-refractivity contribution >= 4 is 52.4 Å². The summed E-state index contributed by atoms with van der Waals surface area (Å²) in [5.41, 5.74) is 3.18. The van der Waals surface area contributed by atoms with Crippen molar-refractivity contribution in [1.29, 1.82) is 0 Å². The number of amides is 5. The fourth-order valence-electron chi connectivity index (χ4n) is 7.98. The van der Waals surface area contributed by atoms with E-state index in [-0.39, 0.29) is 31.2 Å². The molecule has 4 rings (SSSR count). The Hall–Kier alpha value is -6.55. The maximum atomic E-state index is 14.3.